The third-order valence-corrected chi connectivity index (χ3v) is 4.14. The van der Waals surface area contributed by atoms with Crippen LogP contribution in [0.5, 0.6) is 0 Å². The van der Waals surface area contributed by atoms with E-state index in [4.69, 9.17) is 0 Å². The highest BCUT2D eigenvalue weighted by Gasteiger charge is 2.22. The zero-order chi connectivity index (χ0) is 12.3. The molecule has 0 saturated carbocycles. The largest absolute Gasteiger partial charge is 0.314 e. The van der Waals surface area contributed by atoms with Crippen molar-refractivity contribution in [3.63, 3.8) is 0 Å². The number of hydrogen-bond donors (Lipinski definition) is 1. The molecule has 0 heterocycles. The van der Waals surface area contributed by atoms with Crippen LogP contribution in [0.25, 0.3) is 0 Å². The van der Waals surface area contributed by atoms with Gasteiger partial charge in [0.15, 0.2) is 0 Å². The van der Waals surface area contributed by atoms with E-state index in [2.05, 4.69) is 33.1 Å². The fourth-order valence-electron chi connectivity index (χ4n) is 2.50. The summed E-state index contributed by atoms with van der Waals surface area (Å²) in [4.78, 5) is 0. The van der Waals surface area contributed by atoms with Gasteiger partial charge < -0.3 is 5.32 Å². The van der Waals surface area contributed by atoms with E-state index in [1.807, 2.05) is 0 Å². The molecule has 0 radical (unpaired) electrons. The van der Waals surface area contributed by atoms with Crippen molar-refractivity contribution in [2.24, 2.45) is 0 Å². The van der Waals surface area contributed by atoms with Crippen LogP contribution in [0.1, 0.15) is 85.0 Å². The van der Waals surface area contributed by atoms with Crippen LogP contribution >= 0.6 is 0 Å². The van der Waals surface area contributed by atoms with Crippen molar-refractivity contribution in [2.45, 2.75) is 90.5 Å². The molecule has 0 atom stereocenters. The third-order valence-electron chi connectivity index (χ3n) is 4.14. The number of hydrogen-bond acceptors (Lipinski definition) is 1. The minimum Gasteiger partial charge on any atom is -0.314 e. The van der Waals surface area contributed by atoms with E-state index in [-0.39, 0.29) is 0 Å². The maximum absolute atomic E-state index is 3.53. The standard InChI is InChI=1S/C15H33N/c1-5-8-9-10-11-12-13-14-15(6-2,7-3)16-4/h16H,5-14H2,1-4H3. The van der Waals surface area contributed by atoms with Crippen molar-refractivity contribution < 1.29 is 0 Å². The summed E-state index contributed by atoms with van der Waals surface area (Å²) in [5, 5.41) is 3.53. The maximum Gasteiger partial charge on any atom is 0.0173 e. The molecule has 0 aromatic rings. The first-order valence-electron chi connectivity index (χ1n) is 7.43. The molecule has 1 heteroatoms. The Morgan fingerprint density at radius 2 is 1.25 bits per heavy atom. The molecule has 0 saturated heterocycles. The van der Waals surface area contributed by atoms with Crippen LogP contribution in [-0.2, 0) is 0 Å². The Hall–Kier alpha value is -0.0400. The van der Waals surface area contributed by atoms with Crippen LogP contribution in [0.4, 0.5) is 0 Å². The van der Waals surface area contributed by atoms with Gasteiger partial charge in [-0.1, -0.05) is 65.7 Å². The maximum atomic E-state index is 3.53. The molecule has 0 aromatic carbocycles. The first-order chi connectivity index (χ1) is 7.74. The van der Waals surface area contributed by atoms with Gasteiger partial charge in [-0.25, -0.2) is 0 Å². The van der Waals surface area contributed by atoms with Crippen LogP contribution in [-0.4, -0.2) is 12.6 Å². The average molecular weight is 227 g/mol. The highest BCUT2D eigenvalue weighted by molar-refractivity contribution is 4.83. The van der Waals surface area contributed by atoms with Gasteiger partial charge in [0.1, 0.15) is 0 Å². The van der Waals surface area contributed by atoms with E-state index >= 15 is 0 Å². The van der Waals surface area contributed by atoms with E-state index in [0.29, 0.717) is 5.54 Å². The zero-order valence-electron chi connectivity index (χ0n) is 12.1. The van der Waals surface area contributed by atoms with Gasteiger partial charge in [0, 0.05) is 5.54 Å². The Balaban J connectivity index is 3.48. The number of unbranched alkanes of at least 4 members (excludes halogenated alkanes) is 6. The second-order valence-electron chi connectivity index (χ2n) is 5.11. The predicted octanol–water partition coefficient (Wildman–Crippen LogP) is 4.91. The smallest absolute Gasteiger partial charge is 0.0173 e. The van der Waals surface area contributed by atoms with Gasteiger partial charge in [0.2, 0.25) is 0 Å². The molecule has 0 fully saturated rings. The van der Waals surface area contributed by atoms with Crippen molar-refractivity contribution in [1.29, 1.82) is 0 Å². The van der Waals surface area contributed by atoms with Gasteiger partial charge in [0.25, 0.3) is 0 Å². The summed E-state index contributed by atoms with van der Waals surface area (Å²) in [7, 11) is 2.12. The van der Waals surface area contributed by atoms with Gasteiger partial charge in [-0.15, -0.1) is 0 Å². The Labute approximate surface area is 103 Å². The first-order valence-corrected chi connectivity index (χ1v) is 7.43. The van der Waals surface area contributed by atoms with Gasteiger partial charge in [0.05, 0.1) is 0 Å². The molecule has 0 aromatic heterocycles. The van der Waals surface area contributed by atoms with Crippen LogP contribution in [0.2, 0.25) is 0 Å². The quantitative estimate of drug-likeness (QED) is 0.495. The van der Waals surface area contributed by atoms with Gasteiger partial charge >= 0.3 is 0 Å². The highest BCUT2D eigenvalue weighted by Crippen LogP contribution is 2.22. The molecule has 0 aliphatic heterocycles. The molecule has 0 aliphatic rings. The van der Waals surface area contributed by atoms with Crippen molar-refractivity contribution >= 4 is 0 Å². The monoisotopic (exact) mass is 227 g/mol. The summed E-state index contributed by atoms with van der Waals surface area (Å²) in [5.74, 6) is 0. The second-order valence-corrected chi connectivity index (χ2v) is 5.11. The molecule has 1 N–H and O–H groups in total. The zero-order valence-corrected chi connectivity index (χ0v) is 12.1. The Bertz CT molecular complexity index is 130. The molecular weight excluding hydrogens is 194 g/mol. The van der Waals surface area contributed by atoms with Gasteiger partial charge in [-0.05, 0) is 26.3 Å². The number of rotatable bonds is 11. The highest BCUT2D eigenvalue weighted by atomic mass is 14.9. The molecule has 98 valence electrons. The Morgan fingerprint density at radius 1 is 0.750 bits per heavy atom. The predicted molar refractivity (Wildman–Crippen MR) is 75.0 cm³/mol. The van der Waals surface area contributed by atoms with E-state index in [1.165, 1.54) is 64.2 Å². The molecule has 0 rings (SSSR count). The van der Waals surface area contributed by atoms with Crippen molar-refractivity contribution in [1.82, 2.24) is 5.32 Å². The lowest BCUT2D eigenvalue weighted by Crippen LogP contribution is -2.41. The van der Waals surface area contributed by atoms with Gasteiger partial charge in [-0.2, -0.15) is 0 Å². The third kappa shape index (κ3) is 6.52. The van der Waals surface area contributed by atoms with Crippen LogP contribution < -0.4 is 5.32 Å². The lowest BCUT2D eigenvalue weighted by Gasteiger charge is -2.31. The minimum atomic E-state index is 0.420. The van der Waals surface area contributed by atoms with E-state index < -0.39 is 0 Å². The van der Waals surface area contributed by atoms with E-state index in [0.717, 1.165) is 0 Å². The topological polar surface area (TPSA) is 12.0 Å². The summed E-state index contributed by atoms with van der Waals surface area (Å²) < 4.78 is 0. The summed E-state index contributed by atoms with van der Waals surface area (Å²) in [6.07, 6.45) is 13.8. The van der Waals surface area contributed by atoms with Crippen molar-refractivity contribution in [3.8, 4) is 0 Å². The molecule has 0 aliphatic carbocycles. The molecule has 0 spiro atoms. The molecular formula is C15H33N. The molecule has 0 unspecified atom stereocenters. The first kappa shape index (κ1) is 16.0. The molecule has 1 nitrogen and oxygen atoms in total. The van der Waals surface area contributed by atoms with Crippen LogP contribution in [0.3, 0.4) is 0 Å². The fourth-order valence-corrected chi connectivity index (χ4v) is 2.50. The summed E-state index contributed by atoms with van der Waals surface area (Å²) in [6, 6.07) is 0. The molecule has 16 heavy (non-hydrogen) atoms. The van der Waals surface area contributed by atoms with E-state index in [9.17, 15) is 0 Å². The molecule has 0 amide bonds. The van der Waals surface area contributed by atoms with Gasteiger partial charge in [-0.3, -0.25) is 0 Å². The van der Waals surface area contributed by atoms with Crippen molar-refractivity contribution in [3.05, 3.63) is 0 Å². The summed E-state index contributed by atoms with van der Waals surface area (Å²) in [5.41, 5.74) is 0.420. The van der Waals surface area contributed by atoms with E-state index in [1.54, 1.807) is 0 Å². The molecule has 0 bridgehead atoms. The average Bonchev–Trinajstić information content (AvgIpc) is 2.34. The lowest BCUT2D eigenvalue weighted by molar-refractivity contribution is 0.290. The Kier molecular flexibility index (Phi) is 10.1. The summed E-state index contributed by atoms with van der Waals surface area (Å²) in [6.45, 7) is 6.90. The summed E-state index contributed by atoms with van der Waals surface area (Å²) >= 11 is 0. The lowest BCUT2D eigenvalue weighted by atomic mass is 9.87. The van der Waals surface area contributed by atoms with Crippen molar-refractivity contribution in [2.75, 3.05) is 7.05 Å². The fraction of sp³-hybridized carbons (Fsp3) is 1.00. The minimum absolute atomic E-state index is 0.420. The van der Waals surface area contributed by atoms with Crippen LogP contribution in [0.15, 0.2) is 0 Å². The SMILES string of the molecule is CCCCCCCCCC(CC)(CC)NC. The van der Waals surface area contributed by atoms with Crippen LogP contribution in [0, 0.1) is 0 Å². The normalized spacial score (nSPS) is 12.0. The number of nitrogens with one attached hydrogen (secondary N) is 1. The Morgan fingerprint density at radius 3 is 1.69 bits per heavy atom. The second kappa shape index (κ2) is 10.1.